The predicted octanol–water partition coefficient (Wildman–Crippen LogP) is 11.4. The van der Waals surface area contributed by atoms with Gasteiger partial charge >= 0.3 is 7.82 Å². The highest BCUT2D eigenvalue weighted by atomic mass is 31.2. The lowest BCUT2D eigenvalue weighted by molar-refractivity contribution is 0.150. The summed E-state index contributed by atoms with van der Waals surface area (Å²) in [4.78, 5) is 0. The molecule has 0 aliphatic heterocycles. The molecule has 0 unspecified atom stereocenters. The zero-order chi connectivity index (χ0) is 26.2. The van der Waals surface area contributed by atoms with Gasteiger partial charge in [-0.2, -0.15) is 0 Å². The first-order valence-corrected chi connectivity index (χ1v) is 16.7. The molecule has 0 atom stereocenters. The van der Waals surface area contributed by atoms with Crippen molar-refractivity contribution in [1.82, 2.24) is 0 Å². The topological polar surface area (TPSA) is 44.8 Å². The largest absolute Gasteiger partial charge is 0.530 e. The molecule has 0 aliphatic carbocycles. The Morgan fingerprint density at radius 1 is 0.528 bits per heavy atom. The third kappa shape index (κ3) is 19.3. The van der Waals surface area contributed by atoms with Gasteiger partial charge in [0.2, 0.25) is 0 Å². The Kier molecular flexibility index (Phi) is 21.5. The molecule has 36 heavy (non-hydrogen) atoms. The second-order valence-electron chi connectivity index (χ2n) is 10.4. The van der Waals surface area contributed by atoms with Gasteiger partial charge in [-0.3, -0.25) is 9.05 Å². The molecule has 0 bridgehead atoms. The second kappa shape index (κ2) is 23.3. The number of unbranched alkanes of at least 4 members (excludes halogenated alkanes) is 18. The summed E-state index contributed by atoms with van der Waals surface area (Å²) in [7, 11) is -3.61. The SMILES string of the molecule is CCCCCCCCCCCCOP(=O)(OCCCCCCCCCCCC)Oc1ccc(C)cc1. The lowest BCUT2D eigenvalue weighted by Gasteiger charge is -2.19. The van der Waals surface area contributed by atoms with Gasteiger partial charge in [-0.1, -0.05) is 147 Å². The number of rotatable bonds is 26. The minimum atomic E-state index is -3.61. The Labute approximate surface area is 223 Å². The first-order valence-electron chi connectivity index (χ1n) is 15.2. The van der Waals surface area contributed by atoms with Crippen molar-refractivity contribution >= 4 is 7.82 Å². The minimum absolute atomic E-state index is 0.414. The van der Waals surface area contributed by atoms with Crippen LogP contribution in [-0.4, -0.2) is 13.2 Å². The van der Waals surface area contributed by atoms with Gasteiger partial charge < -0.3 is 4.52 Å². The van der Waals surface area contributed by atoms with Crippen LogP contribution in [0.2, 0.25) is 0 Å². The van der Waals surface area contributed by atoms with E-state index >= 15 is 0 Å². The van der Waals surface area contributed by atoms with Crippen molar-refractivity contribution in [3.05, 3.63) is 29.8 Å². The number of aryl methyl sites for hydroxylation is 1. The molecule has 0 heterocycles. The van der Waals surface area contributed by atoms with Gasteiger partial charge in [-0.05, 0) is 31.9 Å². The molecule has 0 saturated heterocycles. The summed E-state index contributed by atoms with van der Waals surface area (Å²) in [6.45, 7) is 7.37. The summed E-state index contributed by atoms with van der Waals surface area (Å²) in [5.41, 5.74) is 1.13. The maximum absolute atomic E-state index is 13.3. The highest BCUT2D eigenvalue weighted by molar-refractivity contribution is 7.48. The van der Waals surface area contributed by atoms with E-state index in [1.165, 1.54) is 103 Å². The number of phosphoric acid groups is 1. The fraction of sp³-hybridized carbons (Fsp3) is 0.806. The van der Waals surface area contributed by atoms with Crippen LogP contribution in [0.3, 0.4) is 0 Å². The van der Waals surface area contributed by atoms with Crippen molar-refractivity contribution < 1.29 is 18.1 Å². The number of benzene rings is 1. The normalized spacial score (nSPS) is 11.8. The molecule has 1 rings (SSSR count). The molecule has 0 N–H and O–H groups in total. The number of hydrogen-bond donors (Lipinski definition) is 0. The van der Waals surface area contributed by atoms with Crippen LogP contribution in [0.25, 0.3) is 0 Å². The van der Waals surface area contributed by atoms with Crippen LogP contribution in [0.5, 0.6) is 5.75 Å². The molecule has 0 fully saturated rings. The lowest BCUT2D eigenvalue weighted by atomic mass is 10.1. The van der Waals surface area contributed by atoms with E-state index in [1.54, 1.807) is 0 Å². The summed E-state index contributed by atoms with van der Waals surface area (Å²) in [5.74, 6) is 0.537. The number of hydrogen-bond acceptors (Lipinski definition) is 4. The maximum atomic E-state index is 13.3. The van der Waals surface area contributed by atoms with Crippen molar-refractivity contribution in [3.8, 4) is 5.75 Å². The molecule has 0 aromatic heterocycles. The zero-order valence-corrected chi connectivity index (χ0v) is 24.8. The average molecular weight is 525 g/mol. The van der Waals surface area contributed by atoms with Crippen molar-refractivity contribution in [2.24, 2.45) is 0 Å². The summed E-state index contributed by atoms with van der Waals surface area (Å²) >= 11 is 0. The van der Waals surface area contributed by atoms with Crippen LogP contribution in [0.1, 0.15) is 148 Å². The lowest BCUT2D eigenvalue weighted by Crippen LogP contribution is -2.05. The van der Waals surface area contributed by atoms with Gasteiger partial charge in [0.1, 0.15) is 5.75 Å². The van der Waals surface area contributed by atoms with Crippen molar-refractivity contribution in [1.29, 1.82) is 0 Å². The highest BCUT2D eigenvalue weighted by Gasteiger charge is 2.28. The zero-order valence-electron chi connectivity index (χ0n) is 23.9. The van der Waals surface area contributed by atoms with E-state index in [4.69, 9.17) is 13.6 Å². The quantitative estimate of drug-likeness (QED) is 0.0893. The molecular formula is C31H57O4P. The van der Waals surface area contributed by atoms with Crippen LogP contribution in [0, 0.1) is 6.92 Å². The first-order chi connectivity index (χ1) is 17.6. The third-order valence-corrected chi connectivity index (χ3v) is 8.16. The Morgan fingerprint density at radius 2 is 0.861 bits per heavy atom. The molecule has 0 amide bonds. The molecule has 4 nitrogen and oxygen atoms in total. The monoisotopic (exact) mass is 524 g/mol. The average Bonchev–Trinajstić information content (AvgIpc) is 2.87. The summed E-state index contributed by atoms with van der Waals surface area (Å²) in [6, 6.07) is 7.56. The fourth-order valence-corrected chi connectivity index (χ4v) is 5.62. The summed E-state index contributed by atoms with van der Waals surface area (Å²) < 4.78 is 30.6. The third-order valence-electron chi connectivity index (χ3n) is 6.73. The summed E-state index contributed by atoms with van der Waals surface area (Å²) in [5, 5.41) is 0. The van der Waals surface area contributed by atoms with E-state index in [9.17, 15) is 4.57 Å². The molecule has 1 aromatic rings. The fourth-order valence-electron chi connectivity index (χ4n) is 4.35. The van der Waals surface area contributed by atoms with E-state index in [2.05, 4.69) is 13.8 Å². The molecule has 0 radical (unpaired) electrons. The maximum Gasteiger partial charge on any atom is 0.530 e. The van der Waals surface area contributed by atoms with Crippen molar-refractivity contribution in [3.63, 3.8) is 0 Å². The van der Waals surface area contributed by atoms with Gasteiger partial charge in [-0.25, -0.2) is 4.57 Å². The van der Waals surface area contributed by atoms with Crippen molar-refractivity contribution in [2.75, 3.05) is 13.2 Å². The van der Waals surface area contributed by atoms with Crippen molar-refractivity contribution in [2.45, 2.75) is 149 Å². The highest BCUT2D eigenvalue weighted by Crippen LogP contribution is 2.49. The molecule has 0 aliphatic rings. The molecule has 1 aromatic carbocycles. The number of phosphoric ester groups is 1. The Balaban J connectivity index is 2.25. The van der Waals surface area contributed by atoms with E-state index in [1.807, 2.05) is 31.2 Å². The van der Waals surface area contributed by atoms with E-state index < -0.39 is 7.82 Å². The molecule has 0 spiro atoms. The van der Waals surface area contributed by atoms with E-state index in [0.29, 0.717) is 19.0 Å². The smallest absolute Gasteiger partial charge is 0.404 e. The van der Waals surface area contributed by atoms with Gasteiger partial charge in [-0.15, -0.1) is 0 Å². The van der Waals surface area contributed by atoms with Crippen LogP contribution < -0.4 is 4.52 Å². The van der Waals surface area contributed by atoms with Crippen LogP contribution in [0.4, 0.5) is 0 Å². The van der Waals surface area contributed by atoms with Gasteiger partial charge in [0, 0.05) is 0 Å². The second-order valence-corrected chi connectivity index (χ2v) is 12.0. The molecule has 0 saturated carbocycles. The van der Waals surface area contributed by atoms with Crippen LogP contribution >= 0.6 is 7.82 Å². The Bertz CT molecular complexity index is 616. The standard InChI is InChI=1S/C31H57O4P/c1-4-6-8-10-12-14-16-18-20-22-28-33-36(32,35-31-26-24-30(3)25-27-31)34-29-23-21-19-17-15-13-11-9-7-5-2/h24-27H,4-23,28-29H2,1-3H3. The minimum Gasteiger partial charge on any atom is -0.404 e. The Hall–Kier alpha value is -0.830. The Morgan fingerprint density at radius 3 is 1.22 bits per heavy atom. The van der Waals surface area contributed by atoms with Crippen LogP contribution in [-0.2, 0) is 13.6 Å². The van der Waals surface area contributed by atoms with Crippen LogP contribution in [0.15, 0.2) is 24.3 Å². The predicted molar refractivity (Wildman–Crippen MR) is 155 cm³/mol. The van der Waals surface area contributed by atoms with Gasteiger partial charge in [0.25, 0.3) is 0 Å². The molecular weight excluding hydrogens is 467 g/mol. The van der Waals surface area contributed by atoms with Gasteiger partial charge in [0.15, 0.2) is 0 Å². The van der Waals surface area contributed by atoms with E-state index in [0.717, 1.165) is 31.2 Å². The summed E-state index contributed by atoms with van der Waals surface area (Å²) in [6.07, 6.45) is 25.1. The van der Waals surface area contributed by atoms with E-state index in [-0.39, 0.29) is 0 Å². The molecule has 210 valence electrons. The first kappa shape index (κ1) is 33.2. The molecule has 5 heteroatoms. The van der Waals surface area contributed by atoms with Gasteiger partial charge in [0.05, 0.1) is 13.2 Å².